The van der Waals surface area contributed by atoms with Crippen LogP contribution < -0.4 is 10.6 Å². The molecule has 2 heterocycles. The van der Waals surface area contributed by atoms with E-state index in [0.29, 0.717) is 31.3 Å². The second kappa shape index (κ2) is 3.88. The minimum atomic E-state index is -1.03. The van der Waals surface area contributed by atoms with Crippen molar-refractivity contribution < 1.29 is 10.2 Å². The molecule has 1 aromatic heterocycles. The smallest absolute Gasteiger partial charge is 0.227 e. The summed E-state index contributed by atoms with van der Waals surface area (Å²) in [5.41, 5.74) is 4.53. The van der Waals surface area contributed by atoms with Crippen LogP contribution in [0.15, 0.2) is 12.3 Å². The van der Waals surface area contributed by atoms with E-state index in [1.165, 1.54) is 0 Å². The molecule has 2 unspecified atom stereocenters. The number of nitrogens with zero attached hydrogens (tertiary/aromatic N) is 3. The molecule has 2 atom stereocenters. The minimum Gasteiger partial charge on any atom is -0.388 e. The highest BCUT2D eigenvalue weighted by Crippen LogP contribution is 2.24. The molecule has 6 heteroatoms. The third kappa shape index (κ3) is 2.07. The van der Waals surface area contributed by atoms with Gasteiger partial charge >= 0.3 is 0 Å². The predicted molar refractivity (Wildman–Crippen MR) is 59.9 cm³/mol. The van der Waals surface area contributed by atoms with E-state index in [0.717, 1.165) is 0 Å². The van der Waals surface area contributed by atoms with Gasteiger partial charge in [-0.1, -0.05) is 0 Å². The summed E-state index contributed by atoms with van der Waals surface area (Å²) >= 11 is 0. The van der Waals surface area contributed by atoms with Crippen LogP contribution in [0.3, 0.4) is 0 Å². The van der Waals surface area contributed by atoms with Gasteiger partial charge in [0.25, 0.3) is 0 Å². The molecule has 1 saturated heterocycles. The van der Waals surface area contributed by atoms with Gasteiger partial charge in [-0.25, -0.2) is 4.98 Å². The number of nitrogen functional groups attached to an aromatic ring is 1. The third-order valence-electron chi connectivity index (χ3n) is 2.95. The van der Waals surface area contributed by atoms with E-state index < -0.39 is 11.7 Å². The molecule has 1 fully saturated rings. The highest BCUT2D eigenvalue weighted by molar-refractivity contribution is 5.38. The van der Waals surface area contributed by atoms with Gasteiger partial charge in [-0.05, 0) is 19.4 Å². The summed E-state index contributed by atoms with van der Waals surface area (Å²) in [5.74, 6) is 0.895. The van der Waals surface area contributed by atoms with E-state index in [4.69, 9.17) is 5.73 Å². The Morgan fingerprint density at radius 2 is 2.38 bits per heavy atom. The summed E-state index contributed by atoms with van der Waals surface area (Å²) in [6.07, 6.45) is 1.26. The van der Waals surface area contributed by atoms with Crippen molar-refractivity contribution in [2.45, 2.75) is 25.0 Å². The van der Waals surface area contributed by atoms with Crippen LogP contribution in [0, 0.1) is 0 Å². The van der Waals surface area contributed by atoms with Crippen molar-refractivity contribution in [3.8, 4) is 0 Å². The Hall–Kier alpha value is -1.40. The molecule has 1 aliphatic rings. The fourth-order valence-electron chi connectivity index (χ4n) is 1.72. The zero-order chi connectivity index (χ0) is 11.8. The molecule has 0 radical (unpaired) electrons. The quantitative estimate of drug-likeness (QED) is 0.588. The van der Waals surface area contributed by atoms with Gasteiger partial charge in [0, 0.05) is 19.3 Å². The number of hydrogen-bond acceptors (Lipinski definition) is 6. The molecule has 16 heavy (non-hydrogen) atoms. The van der Waals surface area contributed by atoms with Crippen LogP contribution in [0.25, 0.3) is 0 Å². The van der Waals surface area contributed by atoms with E-state index in [2.05, 4.69) is 9.97 Å². The fourth-order valence-corrected chi connectivity index (χ4v) is 1.72. The molecule has 0 saturated carbocycles. The molecule has 0 amide bonds. The molecule has 0 aliphatic carbocycles. The monoisotopic (exact) mass is 224 g/mol. The van der Waals surface area contributed by atoms with Crippen LogP contribution in [0.4, 0.5) is 11.8 Å². The first-order valence-corrected chi connectivity index (χ1v) is 5.23. The normalized spacial score (nSPS) is 30.4. The Kier molecular flexibility index (Phi) is 2.69. The molecule has 4 N–H and O–H groups in total. The maximum Gasteiger partial charge on any atom is 0.227 e. The molecule has 0 aromatic carbocycles. The zero-order valence-electron chi connectivity index (χ0n) is 9.17. The molecule has 2 rings (SSSR count). The summed E-state index contributed by atoms with van der Waals surface area (Å²) < 4.78 is 0. The number of anilines is 2. The zero-order valence-corrected chi connectivity index (χ0v) is 9.17. The number of aliphatic hydroxyl groups is 2. The highest BCUT2D eigenvalue weighted by atomic mass is 16.3. The average molecular weight is 224 g/mol. The molecule has 1 aliphatic heterocycles. The van der Waals surface area contributed by atoms with Crippen LogP contribution in [0.2, 0.25) is 0 Å². The Bertz CT molecular complexity index is 383. The van der Waals surface area contributed by atoms with Gasteiger partial charge in [0.15, 0.2) is 0 Å². The van der Waals surface area contributed by atoms with E-state index >= 15 is 0 Å². The third-order valence-corrected chi connectivity index (χ3v) is 2.95. The number of aliphatic hydroxyl groups excluding tert-OH is 1. The number of hydrogen-bond donors (Lipinski definition) is 3. The Morgan fingerprint density at radius 3 is 3.00 bits per heavy atom. The maximum atomic E-state index is 9.82. The van der Waals surface area contributed by atoms with Crippen LogP contribution in [0.5, 0.6) is 0 Å². The van der Waals surface area contributed by atoms with Crippen molar-refractivity contribution in [3.63, 3.8) is 0 Å². The van der Waals surface area contributed by atoms with Gasteiger partial charge < -0.3 is 20.8 Å². The van der Waals surface area contributed by atoms with Crippen molar-refractivity contribution in [2.75, 3.05) is 23.7 Å². The standard InChI is InChI=1S/C10H16N4O2/c1-10(16)3-5-14(6-7(10)15)9-12-4-2-8(11)13-9/h2,4,7,15-16H,3,5-6H2,1H3,(H2,11,12,13). The molecular weight excluding hydrogens is 208 g/mol. The van der Waals surface area contributed by atoms with Gasteiger partial charge in [0.1, 0.15) is 5.82 Å². The first kappa shape index (κ1) is 11.1. The lowest BCUT2D eigenvalue weighted by Crippen LogP contribution is -2.54. The summed E-state index contributed by atoms with van der Waals surface area (Å²) in [5, 5.41) is 19.6. The lowest BCUT2D eigenvalue weighted by Gasteiger charge is -2.39. The number of piperidine rings is 1. The maximum absolute atomic E-state index is 9.82. The lowest BCUT2D eigenvalue weighted by atomic mass is 9.91. The van der Waals surface area contributed by atoms with Gasteiger partial charge in [-0.3, -0.25) is 0 Å². The van der Waals surface area contributed by atoms with Gasteiger partial charge in [-0.15, -0.1) is 0 Å². The summed E-state index contributed by atoms with van der Waals surface area (Å²) in [7, 11) is 0. The summed E-state index contributed by atoms with van der Waals surface area (Å²) in [6, 6.07) is 1.61. The second-order valence-electron chi connectivity index (χ2n) is 4.35. The van der Waals surface area contributed by atoms with E-state index in [1.807, 2.05) is 4.90 Å². The van der Waals surface area contributed by atoms with Crippen molar-refractivity contribution >= 4 is 11.8 Å². The summed E-state index contributed by atoms with van der Waals surface area (Å²) in [4.78, 5) is 9.98. The lowest BCUT2D eigenvalue weighted by molar-refractivity contribution is -0.0724. The fraction of sp³-hybridized carbons (Fsp3) is 0.600. The van der Waals surface area contributed by atoms with E-state index in [9.17, 15) is 10.2 Å². The molecule has 0 bridgehead atoms. The average Bonchev–Trinajstić information content (AvgIpc) is 2.22. The van der Waals surface area contributed by atoms with Crippen LogP contribution >= 0.6 is 0 Å². The van der Waals surface area contributed by atoms with Crippen molar-refractivity contribution in [3.05, 3.63) is 12.3 Å². The number of nitrogens with two attached hydrogens (primary N) is 1. The molecule has 1 aromatic rings. The number of rotatable bonds is 1. The van der Waals surface area contributed by atoms with Crippen LogP contribution in [0.1, 0.15) is 13.3 Å². The van der Waals surface area contributed by atoms with Crippen LogP contribution in [-0.2, 0) is 0 Å². The Labute approximate surface area is 93.7 Å². The number of aromatic nitrogens is 2. The van der Waals surface area contributed by atoms with Gasteiger partial charge in [0.2, 0.25) is 5.95 Å². The predicted octanol–water partition coefficient (Wildman–Crippen LogP) is -0.619. The molecule has 6 nitrogen and oxygen atoms in total. The summed E-state index contributed by atoms with van der Waals surface area (Å²) in [6.45, 7) is 2.55. The van der Waals surface area contributed by atoms with Gasteiger partial charge in [-0.2, -0.15) is 4.98 Å². The highest BCUT2D eigenvalue weighted by Gasteiger charge is 2.37. The first-order chi connectivity index (χ1) is 7.49. The Morgan fingerprint density at radius 1 is 1.62 bits per heavy atom. The largest absolute Gasteiger partial charge is 0.388 e. The number of β-amino-alcohol motifs (C(OH)–C–C–N with tert-alkyl or cyclic N) is 1. The first-order valence-electron chi connectivity index (χ1n) is 5.23. The van der Waals surface area contributed by atoms with Crippen molar-refractivity contribution in [2.24, 2.45) is 0 Å². The van der Waals surface area contributed by atoms with Crippen molar-refractivity contribution in [1.82, 2.24) is 9.97 Å². The van der Waals surface area contributed by atoms with Crippen LogP contribution in [-0.4, -0.2) is 45.0 Å². The van der Waals surface area contributed by atoms with E-state index in [-0.39, 0.29) is 0 Å². The molecular formula is C10H16N4O2. The minimum absolute atomic E-state index is 0.316. The topological polar surface area (TPSA) is 95.5 Å². The van der Waals surface area contributed by atoms with Gasteiger partial charge in [0.05, 0.1) is 11.7 Å². The second-order valence-corrected chi connectivity index (χ2v) is 4.35. The Balaban J connectivity index is 2.14. The van der Waals surface area contributed by atoms with Crippen molar-refractivity contribution in [1.29, 1.82) is 0 Å². The SMILES string of the molecule is CC1(O)CCN(c2nccc(N)n2)CC1O. The molecule has 0 spiro atoms. The molecule has 88 valence electrons. The van der Waals surface area contributed by atoms with E-state index in [1.54, 1.807) is 19.2 Å².